The first-order valence-electron chi connectivity index (χ1n) is 6.71. The van der Waals surface area contributed by atoms with Crippen molar-refractivity contribution in [3.8, 4) is 5.75 Å². The topological polar surface area (TPSA) is 55.8 Å². The summed E-state index contributed by atoms with van der Waals surface area (Å²) in [5, 5.41) is 10.4. The predicted octanol–water partition coefficient (Wildman–Crippen LogP) is 3.21. The quantitative estimate of drug-likeness (QED) is 0.867. The minimum atomic E-state index is -1.32. The van der Waals surface area contributed by atoms with Crippen LogP contribution in [0.1, 0.15) is 48.8 Å². The second kappa shape index (κ2) is 6.46. The minimum absolute atomic E-state index is 0.368. The second-order valence-corrected chi connectivity index (χ2v) is 5.44. The Kier molecular flexibility index (Phi) is 4.89. The molecule has 0 heterocycles. The van der Waals surface area contributed by atoms with E-state index in [1.54, 1.807) is 13.2 Å². The lowest BCUT2D eigenvalue weighted by atomic mass is 9.93. The summed E-state index contributed by atoms with van der Waals surface area (Å²) in [5.74, 6) is 0.315. The molecule has 1 aromatic rings. The predicted molar refractivity (Wildman–Crippen MR) is 76.2 cm³/mol. The largest absolute Gasteiger partial charge is 0.495 e. The van der Waals surface area contributed by atoms with E-state index in [0.717, 1.165) is 18.4 Å². The molecule has 2 rings (SSSR count). The Labute approximate surface area is 123 Å². The van der Waals surface area contributed by atoms with E-state index in [-0.39, 0.29) is 0 Å². The SMILES string of the molecule is COC(=O)C(O)c1cc(Cl)c(OC)c(C2CCCC2)c1. The molecule has 1 atom stereocenters. The molecule has 1 fully saturated rings. The number of esters is 1. The molecular weight excluding hydrogens is 280 g/mol. The van der Waals surface area contributed by atoms with Crippen molar-refractivity contribution < 1.29 is 19.4 Å². The van der Waals surface area contributed by atoms with Gasteiger partial charge in [-0.05, 0) is 42.0 Å². The zero-order valence-electron chi connectivity index (χ0n) is 11.7. The van der Waals surface area contributed by atoms with Crippen LogP contribution in [-0.4, -0.2) is 25.3 Å². The van der Waals surface area contributed by atoms with E-state index in [1.165, 1.54) is 20.0 Å². The molecule has 1 aliphatic carbocycles. The van der Waals surface area contributed by atoms with Crippen LogP contribution in [0.25, 0.3) is 0 Å². The van der Waals surface area contributed by atoms with Gasteiger partial charge in [0.1, 0.15) is 5.75 Å². The highest BCUT2D eigenvalue weighted by molar-refractivity contribution is 6.32. The first-order chi connectivity index (χ1) is 9.58. The summed E-state index contributed by atoms with van der Waals surface area (Å²) >= 11 is 6.22. The van der Waals surface area contributed by atoms with E-state index in [1.807, 2.05) is 6.07 Å². The Hall–Kier alpha value is -1.26. The lowest BCUT2D eigenvalue weighted by Crippen LogP contribution is -2.14. The summed E-state index contributed by atoms with van der Waals surface area (Å²) in [6, 6.07) is 3.36. The third-order valence-corrected chi connectivity index (χ3v) is 4.11. The van der Waals surface area contributed by atoms with Crippen LogP contribution in [-0.2, 0) is 9.53 Å². The molecule has 0 radical (unpaired) electrons. The number of methoxy groups -OCH3 is 2. The maximum absolute atomic E-state index is 11.5. The van der Waals surface area contributed by atoms with Gasteiger partial charge in [-0.2, -0.15) is 0 Å². The number of benzene rings is 1. The van der Waals surface area contributed by atoms with E-state index >= 15 is 0 Å². The van der Waals surface area contributed by atoms with Crippen LogP contribution < -0.4 is 4.74 Å². The summed E-state index contributed by atoms with van der Waals surface area (Å²) in [7, 11) is 2.82. The van der Waals surface area contributed by atoms with Crippen LogP contribution in [0.4, 0.5) is 0 Å². The summed E-state index contributed by atoms with van der Waals surface area (Å²) in [6.07, 6.45) is 3.18. The fourth-order valence-electron chi connectivity index (χ4n) is 2.80. The van der Waals surface area contributed by atoms with Crippen LogP contribution in [0.5, 0.6) is 5.75 Å². The normalized spacial score (nSPS) is 17.0. The summed E-state index contributed by atoms with van der Waals surface area (Å²) in [5.41, 5.74) is 1.42. The lowest BCUT2D eigenvalue weighted by Gasteiger charge is -2.19. The van der Waals surface area contributed by atoms with Gasteiger partial charge < -0.3 is 14.6 Å². The van der Waals surface area contributed by atoms with Crippen molar-refractivity contribution in [3.63, 3.8) is 0 Å². The van der Waals surface area contributed by atoms with Crippen molar-refractivity contribution in [2.45, 2.75) is 37.7 Å². The fourth-order valence-corrected chi connectivity index (χ4v) is 3.11. The Bertz CT molecular complexity index is 495. The molecule has 0 aliphatic heterocycles. The highest BCUT2D eigenvalue weighted by atomic mass is 35.5. The minimum Gasteiger partial charge on any atom is -0.495 e. The number of aliphatic hydroxyl groups excluding tert-OH is 1. The van der Waals surface area contributed by atoms with E-state index in [2.05, 4.69) is 4.74 Å². The van der Waals surface area contributed by atoms with Crippen LogP contribution in [0.3, 0.4) is 0 Å². The Balaban J connectivity index is 2.42. The number of carbonyl (C=O) groups excluding carboxylic acids is 1. The average Bonchev–Trinajstić information content (AvgIpc) is 2.98. The van der Waals surface area contributed by atoms with Gasteiger partial charge >= 0.3 is 5.97 Å². The van der Waals surface area contributed by atoms with Gasteiger partial charge in [0.15, 0.2) is 6.10 Å². The first kappa shape index (κ1) is 15.1. The molecule has 4 nitrogen and oxygen atoms in total. The van der Waals surface area contributed by atoms with Crippen molar-refractivity contribution in [3.05, 3.63) is 28.3 Å². The van der Waals surface area contributed by atoms with Gasteiger partial charge in [-0.3, -0.25) is 0 Å². The van der Waals surface area contributed by atoms with Crippen molar-refractivity contribution in [1.82, 2.24) is 0 Å². The molecule has 1 aromatic carbocycles. The summed E-state index contributed by atoms with van der Waals surface area (Å²) < 4.78 is 9.95. The van der Waals surface area contributed by atoms with Gasteiger partial charge in [-0.15, -0.1) is 0 Å². The summed E-state index contributed by atoms with van der Waals surface area (Å²) in [6.45, 7) is 0. The van der Waals surface area contributed by atoms with Gasteiger partial charge in [-0.1, -0.05) is 24.4 Å². The smallest absolute Gasteiger partial charge is 0.339 e. The zero-order chi connectivity index (χ0) is 14.7. The Morgan fingerprint density at radius 1 is 1.35 bits per heavy atom. The third-order valence-electron chi connectivity index (χ3n) is 3.83. The lowest BCUT2D eigenvalue weighted by molar-refractivity contribution is -0.150. The third kappa shape index (κ3) is 2.91. The summed E-state index contributed by atoms with van der Waals surface area (Å²) in [4.78, 5) is 11.5. The van der Waals surface area contributed by atoms with Crippen molar-refractivity contribution in [2.24, 2.45) is 0 Å². The van der Waals surface area contributed by atoms with Gasteiger partial charge in [0.2, 0.25) is 0 Å². The van der Waals surface area contributed by atoms with Gasteiger partial charge in [0, 0.05) is 0 Å². The molecule has 5 heteroatoms. The zero-order valence-corrected chi connectivity index (χ0v) is 12.4. The Morgan fingerprint density at radius 2 is 2.00 bits per heavy atom. The van der Waals surface area contributed by atoms with Gasteiger partial charge in [0.05, 0.1) is 19.2 Å². The molecule has 0 amide bonds. The molecule has 20 heavy (non-hydrogen) atoms. The number of carbonyl (C=O) groups is 1. The highest BCUT2D eigenvalue weighted by Gasteiger charge is 2.26. The number of halogens is 1. The number of rotatable bonds is 4. The maximum Gasteiger partial charge on any atom is 0.339 e. The molecule has 0 spiro atoms. The number of hydrogen-bond acceptors (Lipinski definition) is 4. The molecule has 0 aromatic heterocycles. The van der Waals surface area contributed by atoms with E-state index in [4.69, 9.17) is 16.3 Å². The molecule has 1 aliphatic rings. The first-order valence-corrected chi connectivity index (χ1v) is 7.09. The monoisotopic (exact) mass is 298 g/mol. The number of ether oxygens (including phenoxy) is 2. The molecule has 0 saturated heterocycles. The molecule has 1 unspecified atom stereocenters. The van der Waals surface area contributed by atoms with Gasteiger partial charge in [-0.25, -0.2) is 4.79 Å². The van der Waals surface area contributed by atoms with Gasteiger partial charge in [0.25, 0.3) is 0 Å². The van der Waals surface area contributed by atoms with Crippen molar-refractivity contribution in [2.75, 3.05) is 14.2 Å². The average molecular weight is 299 g/mol. The van der Waals surface area contributed by atoms with E-state index < -0.39 is 12.1 Å². The second-order valence-electron chi connectivity index (χ2n) is 5.03. The molecule has 1 N–H and O–H groups in total. The highest BCUT2D eigenvalue weighted by Crippen LogP contribution is 2.43. The molecule has 1 saturated carbocycles. The van der Waals surface area contributed by atoms with Crippen LogP contribution in [0.2, 0.25) is 5.02 Å². The maximum atomic E-state index is 11.5. The van der Waals surface area contributed by atoms with Crippen LogP contribution in [0, 0.1) is 0 Å². The van der Waals surface area contributed by atoms with E-state index in [0.29, 0.717) is 22.3 Å². The Morgan fingerprint density at radius 3 is 2.55 bits per heavy atom. The number of aliphatic hydroxyl groups is 1. The van der Waals surface area contributed by atoms with Crippen molar-refractivity contribution >= 4 is 17.6 Å². The number of hydrogen-bond donors (Lipinski definition) is 1. The molecule has 110 valence electrons. The fraction of sp³-hybridized carbons (Fsp3) is 0.533. The van der Waals surface area contributed by atoms with E-state index in [9.17, 15) is 9.90 Å². The molecule has 0 bridgehead atoms. The molecular formula is C15H19ClO4. The van der Waals surface area contributed by atoms with Crippen molar-refractivity contribution in [1.29, 1.82) is 0 Å². The van der Waals surface area contributed by atoms with Crippen LogP contribution >= 0.6 is 11.6 Å². The van der Waals surface area contributed by atoms with Crippen LogP contribution in [0.15, 0.2) is 12.1 Å². The standard InChI is InChI=1S/C15H19ClO4/c1-19-14-11(9-5-3-4-6-9)7-10(8-12(14)16)13(17)15(18)20-2/h7-9,13,17H,3-6H2,1-2H3.